The maximum atomic E-state index is 3.65. The van der Waals surface area contributed by atoms with Crippen LogP contribution in [0.2, 0.25) is 0 Å². The first-order chi connectivity index (χ1) is 8.30. The van der Waals surface area contributed by atoms with E-state index in [0.29, 0.717) is 16.2 Å². The van der Waals surface area contributed by atoms with Gasteiger partial charge in [-0.15, -0.1) is 0 Å². The van der Waals surface area contributed by atoms with Gasteiger partial charge in [-0.1, -0.05) is 68.6 Å². The molecule has 0 bridgehead atoms. The zero-order chi connectivity index (χ0) is 13.9. The van der Waals surface area contributed by atoms with Crippen LogP contribution < -0.4 is 0 Å². The molecule has 0 atom stereocenters. The van der Waals surface area contributed by atoms with Gasteiger partial charge in [0.15, 0.2) is 0 Å². The van der Waals surface area contributed by atoms with E-state index in [1.165, 1.54) is 38.5 Å². The fourth-order valence-corrected chi connectivity index (χ4v) is 7.36. The van der Waals surface area contributed by atoms with Crippen LogP contribution in [0.15, 0.2) is 0 Å². The van der Waals surface area contributed by atoms with Gasteiger partial charge in [0.25, 0.3) is 0 Å². The zero-order valence-corrected chi connectivity index (χ0v) is 16.8. The Morgan fingerprint density at radius 1 is 0.611 bits per heavy atom. The molecule has 3 heteroatoms. The molecule has 1 aliphatic carbocycles. The Morgan fingerprint density at radius 3 is 1.00 bits per heavy atom. The van der Waals surface area contributed by atoms with E-state index in [-0.39, 0.29) is 0 Å². The fourth-order valence-electron chi connectivity index (χ4n) is 4.49. The van der Waals surface area contributed by atoms with Crippen molar-refractivity contribution >= 4 is 47.8 Å². The molecule has 1 aliphatic rings. The normalized spacial score (nSPS) is 41.0. The molecule has 0 aromatic heterocycles. The lowest BCUT2D eigenvalue weighted by Crippen LogP contribution is -2.43. The minimum Gasteiger partial charge on any atom is -0.0928 e. The van der Waals surface area contributed by atoms with E-state index in [1.807, 2.05) is 0 Å². The molecule has 108 valence electrons. The molecule has 0 spiro atoms. The van der Waals surface area contributed by atoms with E-state index in [9.17, 15) is 0 Å². The summed E-state index contributed by atoms with van der Waals surface area (Å²) >= 11 is 11.0. The molecule has 0 radical (unpaired) electrons. The SMILES string of the molecule is CC1(CCBr)CC(C)(CCBr)CC(C)(CCBr)C1. The minimum atomic E-state index is 0.510. The average molecular weight is 447 g/mol. The number of alkyl halides is 3. The predicted octanol–water partition coefficient (Wildman–Crippen LogP) is 6.54. The molecular formula is C15H27Br3. The van der Waals surface area contributed by atoms with Crippen LogP contribution in [0.4, 0.5) is 0 Å². The van der Waals surface area contributed by atoms with Crippen LogP contribution >= 0.6 is 47.8 Å². The first-order valence-corrected chi connectivity index (χ1v) is 10.3. The summed E-state index contributed by atoms with van der Waals surface area (Å²) in [5, 5.41) is 3.41. The molecule has 0 saturated heterocycles. The predicted molar refractivity (Wildman–Crippen MR) is 93.4 cm³/mol. The molecule has 0 heterocycles. The minimum absolute atomic E-state index is 0.510. The maximum absolute atomic E-state index is 3.65. The van der Waals surface area contributed by atoms with Crippen LogP contribution in [0.5, 0.6) is 0 Å². The number of rotatable bonds is 6. The molecule has 0 aromatic carbocycles. The Morgan fingerprint density at radius 2 is 0.833 bits per heavy atom. The van der Waals surface area contributed by atoms with Crippen molar-refractivity contribution in [1.82, 2.24) is 0 Å². The number of hydrogen-bond donors (Lipinski definition) is 0. The first kappa shape index (κ1) is 17.5. The van der Waals surface area contributed by atoms with Crippen LogP contribution in [0.3, 0.4) is 0 Å². The number of halogens is 3. The summed E-state index contributed by atoms with van der Waals surface area (Å²) in [7, 11) is 0. The van der Waals surface area contributed by atoms with Gasteiger partial charge in [0.2, 0.25) is 0 Å². The van der Waals surface area contributed by atoms with E-state index in [2.05, 4.69) is 68.6 Å². The second kappa shape index (κ2) is 6.93. The van der Waals surface area contributed by atoms with Crippen LogP contribution in [0.1, 0.15) is 59.3 Å². The molecule has 0 aliphatic heterocycles. The standard InChI is InChI=1S/C15H27Br3/c1-13(4-7-16)10-14(2,5-8-17)12-15(3,11-13)6-9-18/h4-12H2,1-3H3. The van der Waals surface area contributed by atoms with Gasteiger partial charge in [0.1, 0.15) is 0 Å². The Balaban J connectivity index is 2.91. The van der Waals surface area contributed by atoms with Crippen molar-refractivity contribution in [1.29, 1.82) is 0 Å². The second-order valence-corrected chi connectivity index (χ2v) is 9.66. The van der Waals surface area contributed by atoms with Crippen molar-refractivity contribution in [2.75, 3.05) is 16.0 Å². The Kier molecular flexibility index (Phi) is 6.74. The molecule has 18 heavy (non-hydrogen) atoms. The van der Waals surface area contributed by atoms with Crippen molar-refractivity contribution in [3.8, 4) is 0 Å². The largest absolute Gasteiger partial charge is 0.0928 e. The highest BCUT2D eigenvalue weighted by Crippen LogP contribution is 2.58. The Labute approximate surface area is 138 Å². The zero-order valence-electron chi connectivity index (χ0n) is 12.0. The van der Waals surface area contributed by atoms with Crippen LogP contribution in [0.25, 0.3) is 0 Å². The van der Waals surface area contributed by atoms with E-state index in [4.69, 9.17) is 0 Å². The monoisotopic (exact) mass is 444 g/mol. The van der Waals surface area contributed by atoms with E-state index in [1.54, 1.807) is 0 Å². The molecule has 1 rings (SSSR count). The van der Waals surface area contributed by atoms with E-state index >= 15 is 0 Å². The summed E-state index contributed by atoms with van der Waals surface area (Å²) in [5.41, 5.74) is 1.53. The molecule has 1 fully saturated rings. The highest BCUT2D eigenvalue weighted by atomic mass is 79.9. The lowest BCUT2D eigenvalue weighted by molar-refractivity contribution is -0.0154. The van der Waals surface area contributed by atoms with Gasteiger partial charge in [-0.3, -0.25) is 0 Å². The van der Waals surface area contributed by atoms with E-state index < -0.39 is 0 Å². The molecule has 0 N–H and O–H groups in total. The Bertz CT molecular complexity index is 214. The third-order valence-corrected chi connectivity index (χ3v) is 5.84. The van der Waals surface area contributed by atoms with Crippen LogP contribution in [0, 0.1) is 16.2 Å². The third-order valence-electron chi connectivity index (χ3n) is 4.65. The molecular weight excluding hydrogens is 420 g/mol. The first-order valence-electron chi connectivity index (χ1n) is 6.98. The quantitative estimate of drug-likeness (QED) is 0.406. The van der Waals surface area contributed by atoms with Gasteiger partial charge in [0, 0.05) is 16.0 Å². The lowest BCUT2D eigenvalue weighted by atomic mass is 9.52. The summed E-state index contributed by atoms with van der Waals surface area (Å²) in [6, 6.07) is 0. The highest BCUT2D eigenvalue weighted by Gasteiger charge is 2.47. The number of hydrogen-bond acceptors (Lipinski definition) is 0. The summed E-state index contributed by atoms with van der Waals surface area (Å²) in [5.74, 6) is 0. The topological polar surface area (TPSA) is 0 Å². The maximum Gasteiger partial charge on any atom is 0.00364 e. The molecule has 0 aromatic rings. The summed E-state index contributed by atoms with van der Waals surface area (Å²) in [6.45, 7) is 7.52. The smallest absolute Gasteiger partial charge is 0.00364 e. The second-order valence-electron chi connectivity index (χ2n) is 7.28. The van der Waals surface area contributed by atoms with Gasteiger partial charge in [-0.05, 0) is 54.8 Å². The summed E-state index contributed by atoms with van der Waals surface area (Å²) in [4.78, 5) is 0. The van der Waals surface area contributed by atoms with Crippen LogP contribution in [-0.4, -0.2) is 16.0 Å². The van der Waals surface area contributed by atoms with Crippen LogP contribution in [-0.2, 0) is 0 Å². The van der Waals surface area contributed by atoms with Gasteiger partial charge < -0.3 is 0 Å². The lowest BCUT2D eigenvalue weighted by Gasteiger charge is -2.53. The van der Waals surface area contributed by atoms with Crippen molar-refractivity contribution < 1.29 is 0 Å². The average Bonchev–Trinajstić information content (AvgIpc) is 2.14. The molecule has 0 nitrogen and oxygen atoms in total. The molecule has 0 unspecified atom stereocenters. The van der Waals surface area contributed by atoms with Gasteiger partial charge >= 0.3 is 0 Å². The highest BCUT2D eigenvalue weighted by molar-refractivity contribution is 9.09. The van der Waals surface area contributed by atoms with E-state index in [0.717, 1.165) is 16.0 Å². The van der Waals surface area contributed by atoms with Gasteiger partial charge in [-0.25, -0.2) is 0 Å². The summed E-state index contributed by atoms with van der Waals surface area (Å²) in [6.07, 6.45) is 8.08. The van der Waals surface area contributed by atoms with Gasteiger partial charge in [-0.2, -0.15) is 0 Å². The summed E-state index contributed by atoms with van der Waals surface area (Å²) < 4.78 is 0. The van der Waals surface area contributed by atoms with Crippen molar-refractivity contribution in [3.05, 3.63) is 0 Å². The van der Waals surface area contributed by atoms with Crippen molar-refractivity contribution in [2.45, 2.75) is 59.3 Å². The van der Waals surface area contributed by atoms with Crippen molar-refractivity contribution in [3.63, 3.8) is 0 Å². The van der Waals surface area contributed by atoms with Crippen molar-refractivity contribution in [2.24, 2.45) is 16.2 Å². The molecule has 0 amide bonds. The Hall–Kier alpha value is 1.44. The molecule has 1 saturated carbocycles. The van der Waals surface area contributed by atoms with Gasteiger partial charge in [0.05, 0.1) is 0 Å². The third kappa shape index (κ3) is 4.77. The fraction of sp³-hybridized carbons (Fsp3) is 1.00.